The van der Waals surface area contributed by atoms with Crippen molar-refractivity contribution in [3.05, 3.63) is 53.3 Å². The lowest BCUT2D eigenvalue weighted by atomic mass is 10.2. The van der Waals surface area contributed by atoms with E-state index >= 15 is 0 Å². The maximum Gasteiger partial charge on any atom is 0.221 e. The fourth-order valence-corrected chi connectivity index (χ4v) is 2.75. The summed E-state index contributed by atoms with van der Waals surface area (Å²) in [5, 5.41) is 3.69. The van der Waals surface area contributed by atoms with E-state index in [2.05, 4.69) is 15.3 Å². The summed E-state index contributed by atoms with van der Waals surface area (Å²) in [6.45, 7) is 1.50. The van der Waals surface area contributed by atoms with Gasteiger partial charge in [-0.2, -0.15) is 0 Å². The minimum atomic E-state index is -0.0682. The minimum Gasteiger partial charge on any atom is -0.326 e. The second kappa shape index (κ2) is 5.85. The lowest BCUT2D eigenvalue weighted by Gasteiger charge is -2.01. The van der Waals surface area contributed by atoms with Crippen LogP contribution in [0.25, 0.3) is 22.4 Å². The van der Waals surface area contributed by atoms with Gasteiger partial charge in [-0.1, -0.05) is 18.2 Å². The fraction of sp³-hybridized carbons (Fsp3) is 0.0625. The van der Waals surface area contributed by atoms with Crippen molar-refractivity contribution < 1.29 is 4.79 Å². The zero-order valence-corrected chi connectivity index (χ0v) is 12.2. The van der Waals surface area contributed by atoms with Crippen LogP contribution >= 0.6 is 11.3 Å². The zero-order valence-electron chi connectivity index (χ0n) is 11.4. The molecule has 2 aromatic heterocycles. The van der Waals surface area contributed by atoms with Crippen LogP contribution in [-0.4, -0.2) is 15.9 Å². The lowest BCUT2D eigenvalue weighted by Crippen LogP contribution is -2.05. The third-order valence-electron chi connectivity index (χ3n) is 2.86. The van der Waals surface area contributed by atoms with E-state index in [9.17, 15) is 4.79 Å². The highest BCUT2D eigenvalue weighted by molar-refractivity contribution is 7.19. The predicted molar refractivity (Wildman–Crippen MR) is 87.1 cm³/mol. The number of carbonyl (C=O) groups excluding carboxylic acids is 1. The lowest BCUT2D eigenvalue weighted by molar-refractivity contribution is -0.114. The topological polar surface area (TPSA) is 54.9 Å². The van der Waals surface area contributed by atoms with E-state index in [1.807, 2.05) is 42.5 Å². The molecule has 0 unspecified atom stereocenters. The number of benzene rings is 1. The number of hydrogen-bond donors (Lipinski definition) is 1. The van der Waals surface area contributed by atoms with Crippen LogP contribution in [0, 0.1) is 0 Å². The first-order chi connectivity index (χ1) is 10.2. The molecule has 0 aliphatic carbocycles. The normalized spacial score (nSPS) is 11.1. The first-order valence-electron chi connectivity index (χ1n) is 6.47. The summed E-state index contributed by atoms with van der Waals surface area (Å²) in [5.41, 5.74) is 2.77. The molecular weight excluding hydrogens is 282 g/mol. The number of carbonyl (C=O) groups is 1. The third kappa shape index (κ3) is 3.32. The van der Waals surface area contributed by atoms with Crippen molar-refractivity contribution in [3.8, 4) is 0 Å². The molecule has 4 nitrogen and oxygen atoms in total. The highest BCUT2D eigenvalue weighted by atomic mass is 32.1. The molecule has 0 fully saturated rings. The van der Waals surface area contributed by atoms with Gasteiger partial charge >= 0.3 is 0 Å². The molecule has 0 saturated carbocycles. The van der Waals surface area contributed by atoms with E-state index in [1.54, 1.807) is 23.7 Å². The minimum absolute atomic E-state index is 0.0682. The van der Waals surface area contributed by atoms with Crippen LogP contribution in [0.3, 0.4) is 0 Å². The third-order valence-corrected chi connectivity index (χ3v) is 3.86. The quantitative estimate of drug-likeness (QED) is 0.799. The molecule has 21 heavy (non-hydrogen) atoms. The second-order valence-corrected chi connectivity index (χ2v) is 5.59. The largest absolute Gasteiger partial charge is 0.326 e. The van der Waals surface area contributed by atoms with Crippen molar-refractivity contribution >= 4 is 45.3 Å². The number of pyridine rings is 1. The summed E-state index contributed by atoms with van der Waals surface area (Å²) in [5.74, 6) is -0.0682. The number of anilines is 1. The van der Waals surface area contributed by atoms with Crippen molar-refractivity contribution in [1.29, 1.82) is 0 Å². The van der Waals surface area contributed by atoms with Crippen LogP contribution in [0.4, 0.5) is 5.69 Å². The number of nitrogens with zero attached hydrogens (tertiary/aromatic N) is 2. The molecule has 0 spiro atoms. The number of amides is 1. The van der Waals surface area contributed by atoms with E-state index in [0.717, 1.165) is 26.5 Å². The SMILES string of the molecule is CC(=O)Nc1ccc(/C=C/c2nc3cnccc3s2)cc1. The summed E-state index contributed by atoms with van der Waals surface area (Å²) in [4.78, 5) is 19.5. The summed E-state index contributed by atoms with van der Waals surface area (Å²) < 4.78 is 1.13. The van der Waals surface area contributed by atoms with Gasteiger partial charge in [0.15, 0.2) is 0 Å². The average molecular weight is 295 g/mol. The van der Waals surface area contributed by atoms with Gasteiger partial charge in [0.25, 0.3) is 0 Å². The van der Waals surface area contributed by atoms with Gasteiger partial charge in [-0.25, -0.2) is 4.98 Å². The molecule has 0 aliphatic heterocycles. The first-order valence-corrected chi connectivity index (χ1v) is 7.29. The maximum atomic E-state index is 11.0. The molecule has 2 heterocycles. The molecule has 1 amide bonds. The molecule has 1 N–H and O–H groups in total. The van der Waals surface area contributed by atoms with Gasteiger partial charge in [0.2, 0.25) is 5.91 Å². The molecular formula is C16H13N3OS. The highest BCUT2D eigenvalue weighted by Gasteiger charge is 2.00. The van der Waals surface area contributed by atoms with Gasteiger partial charge < -0.3 is 5.32 Å². The standard InChI is InChI=1S/C16H13N3OS/c1-11(20)18-13-5-2-12(3-6-13)4-7-16-19-14-10-17-9-8-15(14)21-16/h2-10H,1H3,(H,18,20)/b7-4+. The first kappa shape index (κ1) is 13.5. The predicted octanol–water partition coefficient (Wildman–Crippen LogP) is 3.82. The van der Waals surface area contributed by atoms with Crippen LogP contribution in [0.15, 0.2) is 42.7 Å². The van der Waals surface area contributed by atoms with Crippen molar-refractivity contribution in [3.63, 3.8) is 0 Å². The Morgan fingerprint density at radius 3 is 2.71 bits per heavy atom. The Balaban J connectivity index is 1.77. The van der Waals surface area contributed by atoms with Crippen molar-refractivity contribution in [2.45, 2.75) is 6.92 Å². The molecule has 0 atom stereocenters. The van der Waals surface area contributed by atoms with Crippen molar-refractivity contribution in [1.82, 2.24) is 9.97 Å². The van der Waals surface area contributed by atoms with Crippen LogP contribution in [0.1, 0.15) is 17.5 Å². The fourth-order valence-electron chi connectivity index (χ4n) is 1.92. The maximum absolute atomic E-state index is 11.0. The number of fused-ring (bicyclic) bond motifs is 1. The van der Waals surface area contributed by atoms with Crippen LogP contribution in [0.2, 0.25) is 0 Å². The van der Waals surface area contributed by atoms with E-state index in [1.165, 1.54) is 6.92 Å². The molecule has 0 aliphatic rings. The Labute approximate surface area is 126 Å². The summed E-state index contributed by atoms with van der Waals surface area (Å²) in [6, 6.07) is 9.63. The molecule has 3 rings (SSSR count). The van der Waals surface area contributed by atoms with Gasteiger partial charge in [0.1, 0.15) is 10.5 Å². The molecule has 0 radical (unpaired) electrons. The molecule has 1 aromatic carbocycles. The van der Waals surface area contributed by atoms with Crippen molar-refractivity contribution in [2.75, 3.05) is 5.32 Å². The highest BCUT2D eigenvalue weighted by Crippen LogP contribution is 2.22. The average Bonchev–Trinajstić information content (AvgIpc) is 2.89. The molecule has 104 valence electrons. The number of nitrogens with one attached hydrogen (secondary N) is 1. The van der Waals surface area contributed by atoms with Crippen LogP contribution < -0.4 is 5.32 Å². The summed E-state index contributed by atoms with van der Waals surface area (Å²) in [7, 11) is 0. The molecule has 5 heteroatoms. The van der Waals surface area contributed by atoms with Gasteiger partial charge in [0.05, 0.1) is 10.9 Å². The van der Waals surface area contributed by atoms with E-state index in [0.29, 0.717) is 0 Å². The van der Waals surface area contributed by atoms with Gasteiger partial charge in [-0.05, 0) is 29.8 Å². The van der Waals surface area contributed by atoms with E-state index in [4.69, 9.17) is 0 Å². The zero-order chi connectivity index (χ0) is 14.7. The smallest absolute Gasteiger partial charge is 0.221 e. The van der Waals surface area contributed by atoms with Gasteiger partial charge in [-0.3, -0.25) is 9.78 Å². The number of thiazole rings is 1. The summed E-state index contributed by atoms with van der Waals surface area (Å²) in [6.07, 6.45) is 7.53. The Morgan fingerprint density at radius 1 is 1.19 bits per heavy atom. The Hall–Kier alpha value is -2.53. The second-order valence-electron chi connectivity index (χ2n) is 4.53. The Morgan fingerprint density at radius 2 is 2.00 bits per heavy atom. The Kier molecular flexibility index (Phi) is 3.75. The summed E-state index contributed by atoms with van der Waals surface area (Å²) >= 11 is 1.63. The van der Waals surface area contributed by atoms with Gasteiger partial charge in [0, 0.05) is 18.8 Å². The van der Waals surface area contributed by atoms with E-state index < -0.39 is 0 Å². The Bertz CT molecular complexity index is 773. The van der Waals surface area contributed by atoms with Crippen molar-refractivity contribution in [2.24, 2.45) is 0 Å². The molecule has 0 saturated heterocycles. The monoisotopic (exact) mass is 295 g/mol. The van der Waals surface area contributed by atoms with Gasteiger partial charge in [-0.15, -0.1) is 11.3 Å². The van der Waals surface area contributed by atoms with E-state index in [-0.39, 0.29) is 5.91 Å². The van der Waals surface area contributed by atoms with Crippen LogP contribution in [0.5, 0.6) is 0 Å². The van der Waals surface area contributed by atoms with Crippen LogP contribution in [-0.2, 0) is 4.79 Å². The molecule has 3 aromatic rings. The number of aromatic nitrogens is 2. The molecule has 0 bridgehead atoms. The number of rotatable bonds is 3. The number of hydrogen-bond acceptors (Lipinski definition) is 4.